The van der Waals surface area contributed by atoms with Crippen molar-refractivity contribution in [3.05, 3.63) is 42.9 Å². The highest BCUT2D eigenvalue weighted by molar-refractivity contribution is 5.78. The van der Waals surface area contributed by atoms with Gasteiger partial charge in [0, 0.05) is 24.8 Å². The molecule has 0 saturated heterocycles. The Morgan fingerprint density at radius 2 is 1.91 bits per heavy atom. The molecule has 3 rings (SSSR count). The molecular formula is C17H21N3O2. The number of aliphatic hydroxyl groups is 1. The molecule has 116 valence electrons. The Hall–Kier alpha value is -2.14. The van der Waals surface area contributed by atoms with Crippen molar-refractivity contribution in [2.75, 3.05) is 7.05 Å². The van der Waals surface area contributed by atoms with Gasteiger partial charge >= 0.3 is 6.03 Å². The standard InChI is InChI=1S/C17H21N3O2/c1-19(14-7-9-15(21)10-8-14)17(22)20-11-16(18-12-20)13-5-3-2-4-6-13/h2-6,11-12,14-15,21H,7-10H2,1H3/t14-,15-. The molecule has 1 N–H and O–H groups in total. The number of hydrogen-bond donors (Lipinski definition) is 1. The summed E-state index contributed by atoms with van der Waals surface area (Å²) < 4.78 is 1.54. The third-order valence-electron chi connectivity index (χ3n) is 4.39. The summed E-state index contributed by atoms with van der Waals surface area (Å²) in [5, 5.41) is 9.58. The van der Waals surface area contributed by atoms with Crippen LogP contribution in [0.25, 0.3) is 11.3 Å². The number of aliphatic hydroxyl groups excluding tert-OH is 1. The van der Waals surface area contributed by atoms with E-state index in [2.05, 4.69) is 4.98 Å². The minimum Gasteiger partial charge on any atom is -0.393 e. The molecule has 0 aliphatic heterocycles. The zero-order valence-corrected chi connectivity index (χ0v) is 12.7. The van der Waals surface area contributed by atoms with E-state index in [1.165, 1.54) is 4.57 Å². The largest absolute Gasteiger partial charge is 0.393 e. The van der Waals surface area contributed by atoms with E-state index in [9.17, 15) is 9.90 Å². The molecule has 5 heteroatoms. The third-order valence-corrected chi connectivity index (χ3v) is 4.39. The molecule has 5 nitrogen and oxygen atoms in total. The molecule has 0 spiro atoms. The fourth-order valence-corrected chi connectivity index (χ4v) is 2.97. The van der Waals surface area contributed by atoms with Gasteiger partial charge in [0.15, 0.2) is 0 Å². The monoisotopic (exact) mass is 299 g/mol. The average molecular weight is 299 g/mol. The van der Waals surface area contributed by atoms with Crippen LogP contribution in [-0.2, 0) is 0 Å². The quantitative estimate of drug-likeness (QED) is 0.927. The van der Waals surface area contributed by atoms with E-state index in [1.54, 1.807) is 17.4 Å². The summed E-state index contributed by atoms with van der Waals surface area (Å²) in [6, 6.07) is 9.93. The number of nitrogens with zero attached hydrogens (tertiary/aromatic N) is 3. The predicted octanol–water partition coefficient (Wildman–Crippen LogP) is 2.75. The van der Waals surface area contributed by atoms with Crippen molar-refractivity contribution >= 4 is 6.03 Å². The summed E-state index contributed by atoms with van der Waals surface area (Å²) in [7, 11) is 1.83. The van der Waals surface area contributed by atoms with Gasteiger partial charge in [-0.05, 0) is 25.7 Å². The van der Waals surface area contributed by atoms with Crippen molar-refractivity contribution in [1.29, 1.82) is 0 Å². The van der Waals surface area contributed by atoms with E-state index in [1.807, 2.05) is 37.4 Å². The Morgan fingerprint density at radius 1 is 1.23 bits per heavy atom. The number of benzene rings is 1. The normalized spacial score (nSPS) is 21.5. The van der Waals surface area contributed by atoms with Gasteiger partial charge in [-0.1, -0.05) is 30.3 Å². The molecule has 22 heavy (non-hydrogen) atoms. The van der Waals surface area contributed by atoms with Crippen LogP contribution in [0.5, 0.6) is 0 Å². The van der Waals surface area contributed by atoms with E-state index in [0.717, 1.165) is 36.9 Å². The first kappa shape index (κ1) is 14.8. The van der Waals surface area contributed by atoms with Gasteiger partial charge in [-0.25, -0.2) is 9.78 Å². The van der Waals surface area contributed by atoms with E-state index < -0.39 is 0 Å². The van der Waals surface area contributed by atoms with Crippen molar-refractivity contribution < 1.29 is 9.90 Å². The Morgan fingerprint density at radius 3 is 2.59 bits per heavy atom. The minimum atomic E-state index is -0.210. The van der Waals surface area contributed by atoms with Crippen molar-refractivity contribution in [3.8, 4) is 11.3 Å². The molecule has 0 radical (unpaired) electrons. The number of carbonyl (C=O) groups is 1. The van der Waals surface area contributed by atoms with Gasteiger partial charge in [0.1, 0.15) is 6.33 Å². The zero-order valence-electron chi connectivity index (χ0n) is 12.7. The molecule has 1 aromatic carbocycles. The summed E-state index contributed by atoms with van der Waals surface area (Å²) in [5.74, 6) is 0. The van der Waals surface area contributed by atoms with Crippen LogP contribution in [0.4, 0.5) is 4.79 Å². The minimum absolute atomic E-state index is 0.0731. The van der Waals surface area contributed by atoms with Crippen molar-refractivity contribution in [2.24, 2.45) is 0 Å². The summed E-state index contributed by atoms with van der Waals surface area (Å²) in [6.07, 6.45) is 6.36. The number of aromatic nitrogens is 2. The molecule has 0 atom stereocenters. The van der Waals surface area contributed by atoms with Gasteiger partial charge in [-0.3, -0.25) is 4.57 Å². The van der Waals surface area contributed by atoms with Crippen LogP contribution in [0.15, 0.2) is 42.9 Å². The van der Waals surface area contributed by atoms with Gasteiger partial charge in [-0.2, -0.15) is 0 Å². The van der Waals surface area contributed by atoms with Crippen LogP contribution < -0.4 is 0 Å². The van der Waals surface area contributed by atoms with E-state index in [0.29, 0.717) is 0 Å². The van der Waals surface area contributed by atoms with Crippen LogP contribution in [0.3, 0.4) is 0 Å². The first-order chi connectivity index (χ1) is 10.6. The molecule has 1 aromatic heterocycles. The topological polar surface area (TPSA) is 58.4 Å². The summed E-state index contributed by atoms with van der Waals surface area (Å²) in [4.78, 5) is 18.6. The van der Waals surface area contributed by atoms with E-state index in [-0.39, 0.29) is 18.2 Å². The molecule has 2 aromatic rings. The third kappa shape index (κ3) is 3.04. The van der Waals surface area contributed by atoms with Crippen molar-refractivity contribution in [1.82, 2.24) is 14.5 Å². The van der Waals surface area contributed by atoms with Crippen LogP contribution in [0.2, 0.25) is 0 Å². The molecule has 1 heterocycles. The highest BCUT2D eigenvalue weighted by Gasteiger charge is 2.26. The average Bonchev–Trinajstić information content (AvgIpc) is 3.05. The smallest absolute Gasteiger partial charge is 0.329 e. The van der Waals surface area contributed by atoms with Gasteiger partial charge in [-0.15, -0.1) is 0 Å². The van der Waals surface area contributed by atoms with E-state index in [4.69, 9.17) is 0 Å². The molecule has 1 fully saturated rings. The SMILES string of the molecule is CN(C(=O)n1cnc(-c2ccccc2)c1)[C@H]1CC[C@H](O)CC1. The number of carbonyl (C=O) groups excluding carboxylic acids is 1. The fourth-order valence-electron chi connectivity index (χ4n) is 2.97. The van der Waals surface area contributed by atoms with Crippen LogP contribution in [0.1, 0.15) is 25.7 Å². The first-order valence-corrected chi connectivity index (χ1v) is 7.70. The first-order valence-electron chi connectivity index (χ1n) is 7.70. The zero-order chi connectivity index (χ0) is 15.5. The number of hydrogen-bond acceptors (Lipinski definition) is 3. The molecule has 1 aliphatic carbocycles. The lowest BCUT2D eigenvalue weighted by Crippen LogP contribution is -2.42. The van der Waals surface area contributed by atoms with E-state index >= 15 is 0 Å². The Balaban J connectivity index is 1.71. The lowest BCUT2D eigenvalue weighted by molar-refractivity contribution is 0.0921. The number of rotatable bonds is 2. The molecule has 0 bridgehead atoms. The molecular weight excluding hydrogens is 278 g/mol. The van der Waals surface area contributed by atoms with Gasteiger partial charge < -0.3 is 10.0 Å². The fraction of sp³-hybridized carbons (Fsp3) is 0.412. The predicted molar refractivity (Wildman–Crippen MR) is 84.5 cm³/mol. The second-order valence-corrected chi connectivity index (χ2v) is 5.89. The van der Waals surface area contributed by atoms with Crippen molar-refractivity contribution in [2.45, 2.75) is 37.8 Å². The van der Waals surface area contributed by atoms with Gasteiger partial charge in [0.2, 0.25) is 0 Å². The van der Waals surface area contributed by atoms with Crippen LogP contribution in [-0.4, -0.2) is 44.8 Å². The maximum Gasteiger partial charge on any atom is 0.329 e. The lowest BCUT2D eigenvalue weighted by Gasteiger charge is -2.32. The lowest BCUT2D eigenvalue weighted by atomic mass is 9.92. The summed E-state index contributed by atoms with van der Waals surface area (Å²) in [5.41, 5.74) is 1.79. The van der Waals surface area contributed by atoms with Gasteiger partial charge in [0.25, 0.3) is 0 Å². The highest BCUT2D eigenvalue weighted by atomic mass is 16.3. The van der Waals surface area contributed by atoms with Crippen LogP contribution in [0, 0.1) is 0 Å². The summed E-state index contributed by atoms with van der Waals surface area (Å²) >= 11 is 0. The molecule has 1 aliphatic rings. The van der Waals surface area contributed by atoms with Crippen LogP contribution >= 0.6 is 0 Å². The highest BCUT2D eigenvalue weighted by Crippen LogP contribution is 2.23. The Bertz CT molecular complexity index is 630. The Kier molecular flexibility index (Phi) is 4.24. The molecule has 0 unspecified atom stereocenters. The number of amides is 1. The molecule has 1 saturated carbocycles. The Labute approximate surface area is 130 Å². The summed E-state index contributed by atoms with van der Waals surface area (Å²) in [6.45, 7) is 0. The molecule has 1 amide bonds. The maximum absolute atomic E-state index is 12.6. The number of imidazole rings is 1. The van der Waals surface area contributed by atoms with Gasteiger partial charge in [0.05, 0.1) is 11.8 Å². The second kappa shape index (κ2) is 6.32. The van der Waals surface area contributed by atoms with Crippen molar-refractivity contribution in [3.63, 3.8) is 0 Å². The maximum atomic E-state index is 12.6. The second-order valence-electron chi connectivity index (χ2n) is 5.89.